The molecule has 0 saturated carbocycles. The minimum atomic E-state index is -0.0592. The van der Waals surface area contributed by atoms with Crippen LogP contribution in [0.5, 0.6) is 0 Å². The van der Waals surface area contributed by atoms with E-state index < -0.39 is 0 Å². The van der Waals surface area contributed by atoms with Gasteiger partial charge in [-0.05, 0) is 0 Å². The number of rotatable bonds is 2. The summed E-state index contributed by atoms with van der Waals surface area (Å²) in [4.78, 5) is 0. The molecule has 57 valence electrons. The van der Waals surface area contributed by atoms with Crippen LogP contribution in [0.4, 0.5) is 0 Å². The zero-order valence-electron chi connectivity index (χ0n) is 8.62. The van der Waals surface area contributed by atoms with Crippen LogP contribution in [0.2, 0.25) is 0 Å². The number of allylic oxidation sites excluding steroid dienone is 1. The molecular weight excluding hydrogens is 149 g/mol. The van der Waals surface area contributed by atoms with Gasteiger partial charge in [-0.3, -0.25) is 0 Å². The van der Waals surface area contributed by atoms with Gasteiger partial charge in [-0.2, -0.15) is 0 Å². The first-order valence-electron chi connectivity index (χ1n) is 4.66. The summed E-state index contributed by atoms with van der Waals surface area (Å²) in [6.45, 7) is 9.02. The Morgan fingerprint density at radius 1 is 1.54 bits per heavy atom. The van der Waals surface area contributed by atoms with Crippen LogP contribution in [0.1, 0.15) is 20.8 Å². The third-order valence-corrected chi connectivity index (χ3v) is 2.40. The average Bonchev–Trinajstić information content (AvgIpc) is 2.50. The molecule has 13 heavy (non-hydrogen) atoms. The summed E-state index contributed by atoms with van der Waals surface area (Å²) in [7, 11) is 12.8. The van der Waals surface area contributed by atoms with Crippen molar-refractivity contribution in [3.8, 4) is 0 Å². The topological polar surface area (TPSA) is 0 Å². The first-order chi connectivity index (χ1) is 5.95. The molecule has 0 aromatic heterocycles. The molecule has 0 unspecified atom stereocenters. The zero-order chi connectivity index (χ0) is 10.1. The van der Waals surface area contributed by atoms with Gasteiger partial charge in [0.05, 0.1) is 0 Å². The van der Waals surface area contributed by atoms with Crippen LogP contribution >= 0.6 is 0 Å². The van der Waals surface area contributed by atoms with E-state index in [4.69, 9.17) is 15.5 Å². The SMILES string of the molecule is [B][B]B([B])B1C=BC(C(C)(C)C)=C1. The van der Waals surface area contributed by atoms with E-state index >= 15 is 0 Å². The molecule has 0 saturated heterocycles. The second kappa shape index (κ2) is 4.02. The quantitative estimate of drug-likeness (QED) is 0.479. The Bertz CT molecular complexity index is 238. The molecule has 0 atom stereocenters. The van der Waals surface area contributed by atoms with Crippen molar-refractivity contribution in [1.29, 1.82) is 0 Å². The van der Waals surface area contributed by atoms with Crippen LogP contribution in [0, 0.1) is 5.41 Å². The van der Waals surface area contributed by atoms with Crippen molar-refractivity contribution < 1.29 is 0 Å². The number of hydrogen-bond donors (Lipinski definition) is 0. The molecular formula is C7H11B6. The molecule has 0 aliphatic carbocycles. The van der Waals surface area contributed by atoms with E-state index in [0.29, 0.717) is 0 Å². The van der Waals surface area contributed by atoms with E-state index in [1.165, 1.54) is 5.47 Å². The summed E-state index contributed by atoms with van der Waals surface area (Å²) in [5.41, 5.74) is 1.55. The molecule has 0 nitrogen and oxygen atoms in total. The molecule has 0 N–H and O–H groups in total. The predicted octanol–water partition coefficient (Wildman–Crippen LogP) is -0.468. The molecule has 0 spiro atoms. The molecule has 6 heteroatoms. The van der Waals surface area contributed by atoms with Gasteiger partial charge in [0, 0.05) is 0 Å². The van der Waals surface area contributed by atoms with Gasteiger partial charge in [-0.25, -0.2) is 0 Å². The second-order valence-corrected chi connectivity index (χ2v) is 4.58. The van der Waals surface area contributed by atoms with Crippen molar-refractivity contribution in [2.45, 2.75) is 20.8 Å². The fourth-order valence-corrected chi connectivity index (χ4v) is 1.40. The first-order valence-corrected chi connectivity index (χ1v) is 4.66. The van der Waals surface area contributed by atoms with Gasteiger partial charge in [0.25, 0.3) is 0 Å². The van der Waals surface area contributed by atoms with Crippen molar-refractivity contribution in [3.63, 3.8) is 0 Å². The summed E-state index contributed by atoms with van der Waals surface area (Å²) in [6.07, 6.45) is -0.0592. The Hall–Kier alpha value is -0.000390. The monoisotopic (exact) mass is 161 g/mol. The molecule has 1 heterocycles. The standard InChI is InChI=1S/C7H11B6/c1-7(2,3)6-4-12(5-10-6)13(9)11-8/h4-5H,1-3H3. The van der Waals surface area contributed by atoms with E-state index in [1.807, 2.05) is 0 Å². The van der Waals surface area contributed by atoms with Crippen LogP contribution in [-0.4, -0.2) is 48.3 Å². The molecule has 5 radical (unpaired) electrons. The van der Waals surface area contributed by atoms with Gasteiger partial charge in [0.2, 0.25) is 0 Å². The van der Waals surface area contributed by atoms with E-state index in [9.17, 15) is 0 Å². The zero-order valence-corrected chi connectivity index (χ0v) is 8.62. The number of hydrogen-bond acceptors (Lipinski definition) is 0. The molecule has 0 aromatic rings. The maximum atomic E-state index is 5.81. The fourth-order valence-electron chi connectivity index (χ4n) is 1.40. The van der Waals surface area contributed by atoms with Crippen LogP contribution < -0.4 is 0 Å². The van der Waals surface area contributed by atoms with E-state index in [-0.39, 0.29) is 18.4 Å². The van der Waals surface area contributed by atoms with Gasteiger partial charge in [-0.1, -0.05) is 0 Å². The van der Waals surface area contributed by atoms with Gasteiger partial charge < -0.3 is 0 Å². The minimum absolute atomic E-state index is 0.0592. The molecule has 0 amide bonds. The van der Waals surface area contributed by atoms with Crippen LogP contribution in [0.3, 0.4) is 0 Å². The maximum absolute atomic E-state index is 5.81. The second-order valence-electron chi connectivity index (χ2n) is 4.58. The van der Waals surface area contributed by atoms with Gasteiger partial charge in [0.15, 0.2) is 0 Å². The van der Waals surface area contributed by atoms with Crippen LogP contribution in [-0.2, 0) is 0 Å². The summed E-state index contributed by atoms with van der Waals surface area (Å²) in [5, 5.41) is 0. The Morgan fingerprint density at radius 3 is 2.54 bits per heavy atom. The van der Waals surface area contributed by atoms with Crippen molar-refractivity contribution in [1.82, 2.24) is 0 Å². The Kier molecular flexibility index (Phi) is 3.43. The molecule has 0 aromatic carbocycles. The van der Waals surface area contributed by atoms with E-state index in [0.717, 1.165) is 0 Å². The van der Waals surface area contributed by atoms with Crippen molar-refractivity contribution in [2.75, 3.05) is 0 Å². The van der Waals surface area contributed by atoms with Crippen molar-refractivity contribution in [2.24, 2.45) is 5.41 Å². The Balaban J connectivity index is 2.71. The van der Waals surface area contributed by atoms with Crippen molar-refractivity contribution >= 4 is 48.3 Å². The third kappa shape index (κ3) is 2.72. The molecule has 1 rings (SSSR count). The first kappa shape index (κ1) is 11.1. The molecule has 1 aliphatic heterocycles. The molecule has 0 fully saturated rings. The van der Waals surface area contributed by atoms with Gasteiger partial charge in [0.1, 0.15) is 0 Å². The van der Waals surface area contributed by atoms with Crippen LogP contribution in [0.15, 0.2) is 11.4 Å². The normalized spacial score (nSPS) is 15.3. The molecule has 1 aliphatic rings. The fraction of sp³-hybridized carbons (Fsp3) is 0.571. The van der Waals surface area contributed by atoms with E-state index in [2.05, 4.69) is 39.5 Å². The summed E-state index contributed by atoms with van der Waals surface area (Å²) in [6, 6.07) is 0. The van der Waals surface area contributed by atoms with Gasteiger partial charge in [-0.15, -0.1) is 0 Å². The molecule has 0 bridgehead atoms. The van der Waals surface area contributed by atoms with E-state index in [1.54, 1.807) is 7.06 Å². The van der Waals surface area contributed by atoms with Crippen LogP contribution in [0.25, 0.3) is 0 Å². The summed E-state index contributed by atoms with van der Waals surface area (Å²) >= 11 is 0. The summed E-state index contributed by atoms with van der Waals surface area (Å²) in [5.74, 6) is 4.32. The average molecular weight is 160 g/mol. The van der Waals surface area contributed by atoms with Crippen molar-refractivity contribution in [3.05, 3.63) is 11.4 Å². The predicted molar refractivity (Wildman–Crippen MR) is 68.1 cm³/mol. The third-order valence-electron chi connectivity index (χ3n) is 2.40. The Labute approximate surface area is 86.4 Å². The summed E-state index contributed by atoms with van der Waals surface area (Å²) < 4.78 is 0. The van der Waals surface area contributed by atoms with Gasteiger partial charge >= 0.3 is 85.9 Å². The Morgan fingerprint density at radius 2 is 2.15 bits per heavy atom.